The highest BCUT2D eigenvalue weighted by atomic mass is 79.9. The van der Waals surface area contributed by atoms with Crippen molar-refractivity contribution in [1.29, 1.82) is 0 Å². The highest BCUT2D eigenvalue weighted by molar-refractivity contribution is 9.10. The smallest absolute Gasteiger partial charge is 0.211 e. The molecule has 2 nitrogen and oxygen atoms in total. The minimum atomic E-state index is 0.405. The molecular weight excluding hydrogens is 242 g/mol. The molecule has 0 N–H and O–H groups in total. The Morgan fingerprint density at radius 2 is 2.14 bits per heavy atom. The van der Waals surface area contributed by atoms with E-state index in [-0.39, 0.29) is 0 Å². The minimum Gasteiger partial charge on any atom is -0.211 e. The number of hydrogen-bond acceptors (Lipinski definition) is 2. The molecule has 0 aliphatic rings. The number of benzene rings is 1. The van der Waals surface area contributed by atoms with Gasteiger partial charge in [0, 0.05) is 4.47 Å². The van der Waals surface area contributed by atoms with E-state index in [0.29, 0.717) is 12.5 Å². The molecule has 1 rings (SSSR count). The molecule has 1 aromatic rings. The summed E-state index contributed by atoms with van der Waals surface area (Å²) >= 11 is 3.43. The fraction of sp³-hybridized carbons (Fsp3) is 0.364. The summed E-state index contributed by atoms with van der Waals surface area (Å²) in [7, 11) is 0. The third-order valence-electron chi connectivity index (χ3n) is 1.97. The van der Waals surface area contributed by atoms with Gasteiger partial charge in [0.2, 0.25) is 6.08 Å². The van der Waals surface area contributed by atoms with E-state index < -0.39 is 0 Å². The van der Waals surface area contributed by atoms with Crippen LogP contribution in [0.4, 0.5) is 0 Å². The van der Waals surface area contributed by atoms with Gasteiger partial charge in [0.15, 0.2) is 0 Å². The number of aliphatic imine (C=N–C) groups is 1. The van der Waals surface area contributed by atoms with Crippen LogP contribution >= 0.6 is 15.9 Å². The van der Waals surface area contributed by atoms with Crippen LogP contribution in [-0.2, 0) is 11.3 Å². The van der Waals surface area contributed by atoms with Crippen LogP contribution in [0.25, 0.3) is 0 Å². The van der Waals surface area contributed by atoms with Crippen LogP contribution in [0.1, 0.15) is 30.9 Å². The van der Waals surface area contributed by atoms with Crippen molar-refractivity contribution in [3.8, 4) is 0 Å². The molecular formula is C11H12BrNO. The predicted octanol–water partition coefficient (Wildman–Crippen LogP) is 3.41. The Hall–Kier alpha value is -0.920. The van der Waals surface area contributed by atoms with Gasteiger partial charge in [-0.3, -0.25) is 0 Å². The molecule has 3 heteroatoms. The van der Waals surface area contributed by atoms with Crippen LogP contribution in [0.15, 0.2) is 27.7 Å². The molecule has 0 fully saturated rings. The summed E-state index contributed by atoms with van der Waals surface area (Å²) < 4.78 is 1.03. The maximum atomic E-state index is 9.98. The third kappa shape index (κ3) is 3.09. The number of nitrogens with zero attached hydrogens (tertiary/aromatic N) is 1. The van der Waals surface area contributed by atoms with Crippen LogP contribution in [0, 0.1) is 0 Å². The molecule has 74 valence electrons. The average Bonchev–Trinajstić information content (AvgIpc) is 2.14. The summed E-state index contributed by atoms with van der Waals surface area (Å²) in [5, 5.41) is 0. The van der Waals surface area contributed by atoms with Crippen LogP contribution in [0.3, 0.4) is 0 Å². The van der Waals surface area contributed by atoms with Crippen molar-refractivity contribution in [2.45, 2.75) is 26.3 Å². The molecule has 14 heavy (non-hydrogen) atoms. The molecule has 0 aromatic heterocycles. The van der Waals surface area contributed by atoms with Crippen LogP contribution in [0.2, 0.25) is 0 Å². The van der Waals surface area contributed by atoms with E-state index in [1.54, 1.807) is 6.08 Å². The van der Waals surface area contributed by atoms with E-state index in [9.17, 15) is 4.79 Å². The summed E-state index contributed by atoms with van der Waals surface area (Å²) in [6.45, 7) is 4.67. The van der Waals surface area contributed by atoms with Gasteiger partial charge in [-0.05, 0) is 29.2 Å². The first-order chi connectivity index (χ1) is 6.63. The molecule has 0 aliphatic heterocycles. The summed E-state index contributed by atoms with van der Waals surface area (Å²) in [6, 6.07) is 6.11. The lowest BCUT2D eigenvalue weighted by Gasteiger charge is -2.07. The summed E-state index contributed by atoms with van der Waals surface area (Å²) in [5.41, 5.74) is 2.28. The first-order valence-corrected chi connectivity index (χ1v) is 5.25. The Kier molecular flexibility index (Phi) is 4.05. The fourth-order valence-electron chi connectivity index (χ4n) is 1.22. The van der Waals surface area contributed by atoms with Gasteiger partial charge in [-0.1, -0.05) is 35.8 Å². The molecule has 0 atom stereocenters. The first-order valence-electron chi connectivity index (χ1n) is 4.46. The van der Waals surface area contributed by atoms with Gasteiger partial charge in [-0.15, -0.1) is 0 Å². The highest BCUT2D eigenvalue weighted by Crippen LogP contribution is 2.22. The lowest BCUT2D eigenvalue weighted by molar-refractivity contribution is 0.563. The second-order valence-electron chi connectivity index (χ2n) is 3.46. The number of hydrogen-bond donors (Lipinski definition) is 0. The molecule has 1 aromatic carbocycles. The Morgan fingerprint density at radius 1 is 1.43 bits per heavy atom. The van der Waals surface area contributed by atoms with Gasteiger partial charge >= 0.3 is 0 Å². The number of rotatable bonds is 3. The van der Waals surface area contributed by atoms with E-state index >= 15 is 0 Å². The molecule has 0 saturated heterocycles. The van der Waals surface area contributed by atoms with Crippen molar-refractivity contribution >= 4 is 22.0 Å². The second kappa shape index (κ2) is 5.08. The van der Waals surface area contributed by atoms with Crippen LogP contribution in [0.5, 0.6) is 0 Å². The van der Waals surface area contributed by atoms with Crippen LogP contribution in [-0.4, -0.2) is 6.08 Å². The maximum absolute atomic E-state index is 9.98. The molecule has 0 bridgehead atoms. The minimum absolute atomic E-state index is 0.405. The lowest BCUT2D eigenvalue weighted by Crippen LogP contribution is -1.90. The zero-order valence-electron chi connectivity index (χ0n) is 8.25. The van der Waals surface area contributed by atoms with Gasteiger partial charge in [0.05, 0.1) is 6.54 Å². The van der Waals surface area contributed by atoms with Crippen molar-refractivity contribution in [2.24, 2.45) is 4.99 Å². The van der Waals surface area contributed by atoms with Gasteiger partial charge < -0.3 is 0 Å². The topological polar surface area (TPSA) is 29.4 Å². The molecule has 0 radical (unpaired) electrons. The monoisotopic (exact) mass is 253 g/mol. The van der Waals surface area contributed by atoms with E-state index in [2.05, 4.69) is 46.9 Å². The molecule has 0 unspecified atom stereocenters. The van der Waals surface area contributed by atoms with Crippen molar-refractivity contribution in [3.63, 3.8) is 0 Å². The van der Waals surface area contributed by atoms with Gasteiger partial charge in [0.25, 0.3) is 0 Å². The maximum Gasteiger partial charge on any atom is 0.235 e. The van der Waals surface area contributed by atoms with E-state index in [4.69, 9.17) is 0 Å². The number of halogens is 1. The molecule has 0 aliphatic carbocycles. The lowest BCUT2D eigenvalue weighted by atomic mass is 10.0. The normalized spacial score (nSPS) is 10.0. The van der Waals surface area contributed by atoms with E-state index in [1.165, 1.54) is 5.56 Å². The van der Waals surface area contributed by atoms with Crippen LogP contribution < -0.4 is 0 Å². The SMILES string of the molecule is CC(C)c1cc(Br)cc(CN=C=O)c1. The first kappa shape index (κ1) is 11.2. The second-order valence-corrected chi connectivity index (χ2v) is 4.37. The largest absolute Gasteiger partial charge is 0.235 e. The quantitative estimate of drug-likeness (QED) is 0.600. The molecule has 0 heterocycles. The van der Waals surface area contributed by atoms with Crippen molar-refractivity contribution in [2.75, 3.05) is 0 Å². The van der Waals surface area contributed by atoms with E-state index in [0.717, 1.165) is 10.0 Å². The van der Waals surface area contributed by atoms with Gasteiger partial charge in [-0.25, -0.2) is 9.79 Å². The van der Waals surface area contributed by atoms with Gasteiger partial charge in [-0.2, -0.15) is 0 Å². The Morgan fingerprint density at radius 3 is 2.71 bits per heavy atom. The summed E-state index contributed by atoms with van der Waals surface area (Å²) in [4.78, 5) is 13.5. The average molecular weight is 254 g/mol. The molecule has 0 amide bonds. The highest BCUT2D eigenvalue weighted by Gasteiger charge is 2.02. The van der Waals surface area contributed by atoms with Crippen molar-refractivity contribution in [3.05, 3.63) is 33.8 Å². The Balaban J connectivity index is 3.00. The zero-order chi connectivity index (χ0) is 10.6. The van der Waals surface area contributed by atoms with Crippen molar-refractivity contribution < 1.29 is 4.79 Å². The van der Waals surface area contributed by atoms with E-state index in [1.807, 2.05) is 6.07 Å². The van der Waals surface area contributed by atoms with Gasteiger partial charge in [0.1, 0.15) is 0 Å². The Labute approximate surface area is 92.2 Å². The fourth-order valence-corrected chi connectivity index (χ4v) is 1.78. The molecule has 0 saturated carbocycles. The third-order valence-corrected chi connectivity index (χ3v) is 2.43. The predicted molar refractivity (Wildman–Crippen MR) is 60.1 cm³/mol. The Bertz CT molecular complexity index is 368. The number of isocyanates is 1. The summed E-state index contributed by atoms with van der Waals surface area (Å²) in [5.74, 6) is 0.478. The zero-order valence-corrected chi connectivity index (χ0v) is 9.84. The van der Waals surface area contributed by atoms with Crippen molar-refractivity contribution in [1.82, 2.24) is 0 Å². The standard InChI is InChI=1S/C11H12BrNO/c1-8(2)10-3-9(6-13-7-14)4-11(12)5-10/h3-5,8H,6H2,1-2H3. The number of carbonyl (C=O) groups excluding carboxylic acids is 1. The molecule has 0 spiro atoms. The summed E-state index contributed by atoms with van der Waals surface area (Å²) in [6.07, 6.45) is 1.54.